The molecule has 1 aromatic carbocycles. The van der Waals surface area contributed by atoms with Gasteiger partial charge in [-0.25, -0.2) is 9.78 Å². The van der Waals surface area contributed by atoms with Crippen LogP contribution in [0.1, 0.15) is 27.9 Å². The molecule has 4 N–H and O–H groups in total. The van der Waals surface area contributed by atoms with E-state index in [0.29, 0.717) is 30.1 Å². The second-order valence-corrected chi connectivity index (χ2v) is 9.30. The minimum absolute atomic E-state index is 0.0350. The Morgan fingerprint density at radius 3 is 2.83 bits per heavy atom. The highest BCUT2D eigenvalue weighted by Gasteiger charge is 2.58. The van der Waals surface area contributed by atoms with Crippen molar-refractivity contribution < 1.29 is 23.9 Å². The predicted octanol–water partition coefficient (Wildman–Crippen LogP) is 0.792. The van der Waals surface area contributed by atoms with Crippen LogP contribution in [-0.4, -0.2) is 70.9 Å². The molecule has 11 heteroatoms. The molecule has 36 heavy (non-hydrogen) atoms. The van der Waals surface area contributed by atoms with Gasteiger partial charge in [-0.3, -0.25) is 19.9 Å². The van der Waals surface area contributed by atoms with Crippen LogP contribution in [-0.2, 0) is 16.1 Å². The molecule has 4 atom stereocenters. The maximum Gasteiger partial charge on any atom is 0.322 e. The van der Waals surface area contributed by atoms with Crippen molar-refractivity contribution in [1.29, 1.82) is 0 Å². The molecule has 0 spiro atoms. The lowest BCUT2D eigenvalue weighted by Crippen LogP contribution is -2.62. The maximum absolute atomic E-state index is 13.2. The standard InChI is InChI=1S/C25H24N6O5/c1-35-15-4-2-14-11-31(22(32)16(14)8-15)12-25(23(33)29-24(34)30-25)20-9-18-19(36-20)6-5-17(28-18)13-3-7-21(26)27-10-13/h2-8,10,18-20H,9,11-12H2,1H3,(H2,26,27)(H2,29,30,33,34). The van der Waals surface area contributed by atoms with Gasteiger partial charge in [-0.1, -0.05) is 12.1 Å². The topological polar surface area (TPSA) is 148 Å². The molecule has 11 nitrogen and oxygen atoms in total. The molecule has 0 radical (unpaired) electrons. The molecule has 4 aliphatic heterocycles. The molecule has 4 aliphatic rings. The number of ether oxygens (including phenoxy) is 2. The lowest BCUT2D eigenvalue weighted by atomic mass is 9.88. The number of fused-ring (bicyclic) bond motifs is 2. The van der Waals surface area contributed by atoms with Gasteiger partial charge in [0.25, 0.3) is 11.8 Å². The zero-order chi connectivity index (χ0) is 25.0. The number of aromatic nitrogens is 1. The third-order valence-corrected chi connectivity index (χ3v) is 7.14. The monoisotopic (exact) mass is 488 g/mol. The Morgan fingerprint density at radius 2 is 2.11 bits per heavy atom. The number of hydrogen-bond acceptors (Lipinski definition) is 8. The van der Waals surface area contributed by atoms with Gasteiger partial charge >= 0.3 is 6.03 Å². The van der Waals surface area contributed by atoms with Gasteiger partial charge in [0.15, 0.2) is 5.54 Å². The first-order valence-electron chi connectivity index (χ1n) is 11.6. The summed E-state index contributed by atoms with van der Waals surface area (Å²) in [5, 5.41) is 5.11. The predicted molar refractivity (Wildman–Crippen MR) is 129 cm³/mol. The van der Waals surface area contributed by atoms with E-state index in [1.807, 2.05) is 24.3 Å². The summed E-state index contributed by atoms with van der Waals surface area (Å²) in [4.78, 5) is 49.2. The van der Waals surface area contributed by atoms with Crippen molar-refractivity contribution in [3.63, 3.8) is 0 Å². The maximum atomic E-state index is 13.2. The van der Waals surface area contributed by atoms with Crippen molar-refractivity contribution in [3.05, 3.63) is 65.4 Å². The number of dihydropyridines is 1. The van der Waals surface area contributed by atoms with Crippen LogP contribution in [0, 0.1) is 0 Å². The average Bonchev–Trinajstić information content (AvgIpc) is 3.53. The lowest BCUT2D eigenvalue weighted by Gasteiger charge is -2.35. The van der Waals surface area contributed by atoms with Gasteiger partial charge < -0.3 is 25.4 Å². The smallest absolute Gasteiger partial charge is 0.322 e. The van der Waals surface area contributed by atoms with E-state index in [1.165, 1.54) is 7.11 Å². The first-order valence-corrected chi connectivity index (χ1v) is 11.6. The lowest BCUT2D eigenvalue weighted by molar-refractivity contribution is -0.130. The minimum Gasteiger partial charge on any atom is -0.497 e. The molecule has 2 fully saturated rings. The first kappa shape index (κ1) is 22.2. The summed E-state index contributed by atoms with van der Waals surface area (Å²) in [6.07, 6.45) is 4.74. The van der Waals surface area contributed by atoms with Crippen molar-refractivity contribution in [2.75, 3.05) is 19.4 Å². The Hall–Kier alpha value is -4.25. The number of nitrogen functional groups attached to an aromatic ring is 1. The van der Waals surface area contributed by atoms with Gasteiger partial charge in [-0.05, 0) is 35.9 Å². The van der Waals surface area contributed by atoms with Crippen molar-refractivity contribution >= 4 is 29.4 Å². The Labute approximate surface area is 206 Å². The Morgan fingerprint density at radius 1 is 1.25 bits per heavy atom. The number of anilines is 1. The fourth-order valence-corrected chi connectivity index (χ4v) is 5.28. The highest BCUT2D eigenvalue weighted by Crippen LogP contribution is 2.37. The number of rotatable bonds is 5. The Balaban J connectivity index is 1.27. The molecule has 1 aromatic heterocycles. The van der Waals surface area contributed by atoms with Gasteiger partial charge in [0.05, 0.1) is 37.6 Å². The summed E-state index contributed by atoms with van der Waals surface area (Å²) in [5.41, 5.74) is 7.15. The Kier molecular flexibility index (Phi) is 5.04. The fraction of sp³-hybridized carbons (Fsp3) is 0.320. The summed E-state index contributed by atoms with van der Waals surface area (Å²) < 4.78 is 11.5. The van der Waals surface area contributed by atoms with Crippen LogP contribution in [0.3, 0.4) is 0 Å². The quantitative estimate of drug-likeness (QED) is 0.527. The Bertz CT molecular complexity index is 1340. The highest BCUT2D eigenvalue weighted by atomic mass is 16.5. The number of hydrogen-bond donors (Lipinski definition) is 3. The average molecular weight is 489 g/mol. The molecule has 0 saturated carbocycles. The number of imide groups is 1. The molecular weight excluding hydrogens is 464 g/mol. The minimum atomic E-state index is -1.44. The van der Waals surface area contributed by atoms with E-state index >= 15 is 0 Å². The van der Waals surface area contributed by atoms with Crippen LogP contribution < -0.4 is 21.1 Å². The molecule has 2 saturated heterocycles. The second-order valence-electron chi connectivity index (χ2n) is 9.30. The number of benzene rings is 1. The number of methoxy groups -OCH3 is 1. The summed E-state index contributed by atoms with van der Waals surface area (Å²) in [6, 6.07) is 7.99. The van der Waals surface area contributed by atoms with E-state index in [0.717, 1.165) is 16.8 Å². The molecule has 6 rings (SSSR count). The summed E-state index contributed by atoms with van der Waals surface area (Å²) in [7, 11) is 1.54. The van der Waals surface area contributed by atoms with Crippen LogP contribution in [0.25, 0.3) is 0 Å². The third-order valence-electron chi connectivity index (χ3n) is 7.14. The van der Waals surface area contributed by atoms with E-state index in [2.05, 4.69) is 15.6 Å². The normalized spacial score (nSPS) is 28.5. The van der Waals surface area contributed by atoms with E-state index in [9.17, 15) is 14.4 Å². The van der Waals surface area contributed by atoms with Gasteiger partial charge in [-0.2, -0.15) is 0 Å². The summed E-state index contributed by atoms with van der Waals surface area (Å²) in [6.45, 7) is 0.279. The van der Waals surface area contributed by atoms with Crippen molar-refractivity contribution in [3.8, 4) is 5.75 Å². The summed E-state index contributed by atoms with van der Waals surface area (Å²) in [5.74, 6) is 0.242. The number of nitrogens with one attached hydrogen (secondary N) is 2. The van der Waals surface area contributed by atoms with Gasteiger partial charge in [0.2, 0.25) is 0 Å². The number of urea groups is 1. The summed E-state index contributed by atoms with van der Waals surface area (Å²) >= 11 is 0. The third kappa shape index (κ3) is 3.51. The van der Waals surface area contributed by atoms with E-state index in [-0.39, 0.29) is 24.6 Å². The van der Waals surface area contributed by atoms with Crippen LogP contribution >= 0.6 is 0 Å². The molecule has 0 aliphatic carbocycles. The number of pyridine rings is 1. The van der Waals surface area contributed by atoms with Crippen LogP contribution in [0.5, 0.6) is 5.75 Å². The molecule has 2 aromatic rings. The fourth-order valence-electron chi connectivity index (χ4n) is 5.28. The number of carbonyl (C=O) groups is 3. The zero-order valence-electron chi connectivity index (χ0n) is 19.4. The molecule has 5 heterocycles. The van der Waals surface area contributed by atoms with E-state index in [1.54, 1.807) is 29.3 Å². The largest absolute Gasteiger partial charge is 0.497 e. The molecular formula is C25H24N6O5. The van der Waals surface area contributed by atoms with Crippen molar-refractivity contribution in [2.24, 2.45) is 4.99 Å². The van der Waals surface area contributed by atoms with Crippen molar-refractivity contribution in [1.82, 2.24) is 20.5 Å². The molecule has 4 unspecified atom stereocenters. The van der Waals surface area contributed by atoms with E-state index < -0.39 is 23.6 Å². The van der Waals surface area contributed by atoms with E-state index in [4.69, 9.17) is 20.2 Å². The highest BCUT2D eigenvalue weighted by molar-refractivity contribution is 6.10. The number of allylic oxidation sites excluding steroid dienone is 1. The van der Waals surface area contributed by atoms with Crippen LogP contribution in [0.15, 0.2) is 53.7 Å². The molecule has 0 bridgehead atoms. The van der Waals surface area contributed by atoms with Gasteiger partial charge in [0, 0.05) is 30.3 Å². The molecule has 184 valence electrons. The van der Waals surface area contributed by atoms with Crippen LogP contribution in [0.2, 0.25) is 0 Å². The van der Waals surface area contributed by atoms with Gasteiger partial charge in [0.1, 0.15) is 11.6 Å². The SMILES string of the molecule is COc1ccc2c(c1)C(=O)N(CC1(C3CC4N=C(c5ccc(N)nc5)C=CC4O3)NC(=O)NC1=O)C2. The van der Waals surface area contributed by atoms with Crippen LogP contribution in [0.4, 0.5) is 10.6 Å². The number of carbonyl (C=O) groups excluding carboxylic acids is 3. The van der Waals surface area contributed by atoms with Gasteiger partial charge in [-0.15, -0.1) is 0 Å². The molecule has 4 amide bonds. The number of amides is 4. The van der Waals surface area contributed by atoms with Crippen molar-refractivity contribution in [2.45, 2.75) is 36.8 Å². The number of nitrogens with two attached hydrogens (primary N) is 1. The second kappa shape index (κ2) is 8.16. The zero-order valence-corrected chi connectivity index (χ0v) is 19.4. The number of nitrogens with zero attached hydrogens (tertiary/aromatic N) is 3. The first-order chi connectivity index (χ1) is 17.4. The number of aliphatic imine (C=N–C) groups is 1.